The number of hydrogen-bond donors (Lipinski definition) is 1. The molecular weight excluding hydrogens is 420 g/mol. The standard InChI is InChI=1S/C25H30N4O4/c1-32-19-8-9-23(33-2)20(14-19)22-15-21(17-6-4-3-5-7-17)27-29(22)24(30)16-28-12-10-18(11-13-28)25(26)31/h3-9,14,18,22H,10-13,15-16H2,1-2H3,(H2,26,31)/t22-/m0/s1. The van der Waals surface area contributed by atoms with E-state index >= 15 is 0 Å². The highest BCUT2D eigenvalue weighted by Crippen LogP contribution is 2.39. The van der Waals surface area contributed by atoms with Crippen molar-refractivity contribution >= 4 is 17.5 Å². The Morgan fingerprint density at radius 2 is 1.79 bits per heavy atom. The number of amides is 2. The molecule has 0 saturated carbocycles. The molecule has 1 fully saturated rings. The van der Waals surface area contributed by atoms with Crippen LogP contribution in [0.2, 0.25) is 0 Å². The Bertz CT molecular complexity index is 1030. The Morgan fingerprint density at radius 1 is 1.06 bits per heavy atom. The number of benzene rings is 2. The highest BCUT2D eigenvalue weighted by Gasteiger charge is 2.36. The Morgan fingerprint density at radius 3 is 2.42 bits per heavy atom. The van der Waals surface area contributed by atoms with E-state index < -0.39 is 0 Å². The molecule has 33 heavy (non-hydrogen) atoms. The van der Waals surface area contributed by atoms with Crippen LogP contribution in [0.1, 0.15) is 36.4 Å². The van der Waals surface area contributed by atoms with Gasteiger partial charge in [-0.1, -0.05) is 30.3 Å². The number of nitrogens with zero attached hydrogens (tertiary/aromatic N) is 3. The molecule has 0 aliphatic carbocycles. The van der Waals surface area contributed by atoms with Gasteiger partial charge in [-0.3, -0.25) is 14.5 Å². The van der Waals surface area contributed by atoms with Crippen LogP contribution in [0.5, 0.6) is 11.5 Å². The van der Waals surface area contributed by atoms with Gasteiger partial charge >= 0.3 is 0 Å². The summed E-state index contributed by atoms with van der Waals surface area (Å²) in [6, 6.07) is 15.2. The van der Waals surface area contributed by atoms with Crippen molar-refractivity contribution < 1.29 is 19.1 Å². The highest BCUT2D eigenvalue weighted by atomic mass is 16.5. The second kappa shape index (κ2) is 10.0. The SMILES string of the molecule is COc1ccc(OC)c([C@@H]2CC(c3ccccc3)=NN2C(=O)CN2CCC(C(N)=O)CC2)c1. The molecule has 2 aliphatic rings. The van der Waals surface area contributed by atoms with E-state index in [0.29, 0.717) is 43.9 Å². The Labute approximate surface area is 193 Å². The van der Waals surface area contributed by atoms with Gasteiger partial charge in [0, 0.05) is 17.9 Å². The molecule has 0 aromatic heterocycles. The van der Waals surface area contributed by atoms with Gasteiger partial charge in [0.05, 0.1) is 32.5 Å². The second-order valence-corrected chi connectivity index (χ2v) is 8.43. The maximum Gasteiger partial charge on any atom is 0.257 e. The first-order valence-corrected chi connectivity index (χ1v) is 11.2. The van der Waals surface area contributed by atoms with Crippen LogP contribution in [0.4, 0.5) is 0 Å². The third-order valence-electron chi connectivity index (χ3n) is 6.42. The largest absolute Gasteiger partial charge is 0.497 e. The van der Waals surface area contributed by atoms with Crippen LogP contribution in [-0.2, 0) is 9.59 Å². The molecule has 1 saturated heterocycles. The average molecular weight is 451 g/mol. The molecule has 0 radical (unpaired) electrons. The lowest BCUT2D eigenvalue weighted by Gasteiger charge is -2.31. The number of ether oxygens (including phenoxy) is 2. The van der Waals surface area contributed by atoms with Gasteiger partial charge in [0.15, 0.2) is 0 Å². The number of likely N-dealkylation sites (tertiary alicyclic amines) is 1. The minimum absolute atomic E-state index is 0.0895. The van der Waals surface area contributed by atoms with Crippen LogP contribution in [0.15, 0.2) is 53.6 Å². The second-order valence-electron chi connectivity index (χ2n) is 8.43. The van der Waals surface area contributed by atoms with Gasteiger partial charge in [0.2, 0.25) is 5.91 Å². The summed E-state index contributed by atoms with van der Waals surface area (Å²) in [6.07, 6.45) is 1.92. The van der Waals surface area contributed by atoms with Gasteiger partial charge in [-0.05, 0) is 49.7 Å². The van der Waals surface area contributed by atoms with Gasteiger partial charge in [-0.15, -0.1) is 0 Å². The summed E-state index contributed by atoms with van der Waals surface area (Å²) in [5.41, 5.74) is 8.14. The van der Waals surface area contributed by atoms with Crippen molar-refractivity contribution in [2.24, 2.45) is 16.8 Å². The summed E-state index contributed by atoms with van der Waals surface area (Å²) in [5, 5.41) is 6.34. The number of hydrogen-bond acceptors (Lipinski definition) is 6. The zero-order valence-corrected chi connectivity index (χ0v) is 19.1. The Kier molecular flexibility index (Phi) is 6.93. The van der Waals surface area contributed by atoms with Gasteiger partial charge in [0.1, 0.15) is 11.5 Å². The first kappa shape index (κ1) is 22.8. The van der Waals surface area contributed by atoms with Crippen LogP contribution in [0, 0.1) is 5.92 Å². The van der Waals surface area contributed by atoms with Crippen LogP contribution < -0.4 is 15.2 Å². The third kappa shape index (κ3) is 5.01. The van der Waals surface area contributed by atoms with Crippen LogP contribution in [0.3, 0.4) is 0 Å². The van der Waals surface area contributed by atoms with Crippen molar-refractivity contribution in [2.75, 3.05) is 33.9 Å². The van der Waals surface area contributed by atoms with Crippen LogP contribution in [0.25, 0.3) is 0 Å². The summed E-state index contributed by atoms with van der Waals surface area (Å²) in [4.78, 5) is 27.0. The highest BCUT2D eigenvalue weighted by molar-refractivity contribution is 6.03. The van der Waals surface area contributed by atoms with Crippen LogP contribution >= 0.6 is 0 Å². The molecule has 2 amide bonds. The van der Waals surface area contributed by atoms with E-state index in [1.807, 2.05) is 48.5 Å². The molecule has 0 spiro atoms. The quantitative estimate of drug-likeness (QED) is 0.699. The summed E-state index contributed by atoms with van der Waals surface area (Å²) in [6.45, 7) is 1.56. The molecule has 4 rings (SSSR count). The minimum Gasteiger partial charge on any atom is -0.497 e. The van der Waals surface area contributed by atoms with Crippen molar-refractivity contribution in [3.8, 4) is 11.5 Å². The summed E-state index contributed by atoms with van der Waals surface area (Å²) >= 11 is 0. The fourth-order valence-electron chi connectivity index (χ4n) is 4.53. The summed E-state index contributed by atoms with van der Waals surface area (Å²) in [7, 11) is 3.24. The number of hydrazone groups is 1. The molecule has 2 heterocycles. The minimum atomic E-state index is -0.305. The summed E-state index contributed by atoms with van der Waals surface area (Å²) < 4.78 is 11.0. The number of carbonyl (C=O) groups excluding carboxylic acids is 2. The van der Waals surface area contributed by atoms with E-state index in [1.165, 1.54) is 0 Å². The number of nitrogens with two attached hydrogens (primary N) is 1. The van der Waals surface area contributed by atoms with Crippen molar-refractivity contribution in [3.05, 3.63) is 59.7 Å². The normalized spacial score (nSPS) is 19.3. The lowest BCUT2D eigenvalue weighted by molar-refractivity contribution is -0.134. The van der Waals surface area contributed by atoms with E-state index in [1.54, 1.807) is 19.2 Å². The van der Waals surface area contributed by atoms with E-state index in [2.05, 4.69) is 4.90 Å². The molecule has 174 valence electrons. The fourth-order valence-corrected chi connectivity index (χ4v) is 4.53. The molecule has 2 aromatic rings. The molecule has 0 bridgehead atoms. The fraction of sp³-hybridized carbons (Fsp3) is 0.400. The number of primary amides is 1. The lowest BCUT2D eigenvalue weighted by atomic mass is 9.96. The Balaban J connectivity index is 1.60. The van der Waals surface area contributed by atoms with Gasteiger partial charge < -0.3 is 15.2 Å². The third-order valence-corrected chi connectivity index (χ3v) is 6.42. The maximum absolute atomic E-state index is 13.5. The molecule has 1 atom stereocenters. The van der Waals surface area contributed by atoms with Crippen molar-refractivity contribution in [1.29, 1.82) is 0 Å². The number of rotatable bonds is 7. The Hall–Kier alpha value is -3.39. The average Bonchev–Trinajstić information content (AvgIpc) is 3.30. The van der Waals surface area contributed by atoms with E-state index in [9.17, 15) is 9.59 Å². The number of carbonyl (C=O) groups is 2. The molecular formula is C25H30N4O4. The number of piperidine rings is 1. The monoisotopic (exact) mass is 450 g/mol. The van der Waals surface area contributed by atoms with Gasteiger partial charge in [0.25, 0.3) is 5.91 Å². The zero-order chi connectivity index (χ0) is 23.4. The van der Waals surface area contributed by atoms with Crippen LogP contribution in [-0.4, -0.2) is 61.3 Å². The topological polar surface area (TPSA) is 97.5 Å². The van der Waals surface area contributed by atoms with E-state index in [-0.39, 0.29) is 30.3 Å². The predicted molar refractivity (Wildman–Crippen MR) is 125 cm³/mol. The molecule has 2 N–H and O–H groups in total. The van der Waals surface area contributed by atoms with E-state index in [4.69, 9.17) is 20.3 Å². The molecule has 0 unspecified atom stereocenters. The number of methoxy groups -OCH3 is 2. The lowest BCUT2D eigenvalue weighted by Crippen LogP contribution is -2.44. The van der Waals surface area contributed by atoms with Crippen molar-refractivity contribution in [2.45, 2.75) is 25.3 Å². The first-order valence-electron chi connectivity index (χ1n) is 11.2. The van der Waals surface area contributed by atoms with Gasteiger partial charge in [-0.25, -0.2) is 5.01 Å². The molecule has 2 aromatic carbocycles. The smallest absolute Gasteiger partial charge is 0.257 e. The van der Waals surface area contributed by atoms with Crippen molar-refractivity contribution in [1.82, 2.24) is 9.91 Å². The molecule has 2 aliphatic heterocycles. The zero-order valence-electron chi connectivity index (χ0n) is 19.1. The summed E-state index contributed by atoms with van der Waals surface area (Å²) in [5.74, 6) is 0.918. The van der Waals surface area contributed by atoms with Gasteiger partial charge in [-0.2, -0.15) is 5.10 Å². The molecule has 8 nitrogen and oxygen atoms in total. The predicted octanol–water partition coefficient (Wildman–Crippen LogP) is 2.58. The van der Waals surface area contributed by atoms with E-state index in [0.717, 1.165) is 16.8 Å². The molecule has 8 heteroatoms. The van der Waals surface area contributed by atoms with Crippen molar-refractivity contribution in [3.63, 3.8) is 0 Å². The first-order chi connectivity index (χ1) is 16.0. The maximum atomic E-state index is 13.5.